The van der Waals surface area contributed by atoms with Gasteiger partial charge in [-0.15, -0.1) is 0 Å². The molecule has 162 valence electrons. The van der Waals surface area contributed by atoms with Gasteiger partial charge < -0.3 is 10.5 Å². The van der Waals surface area contributed by atoms with Gasteiger partial charge in [-0.1, -0.05) is 35.9 Å². The summed E-state index contributed by atoms with van der Waals surface area (Å²) in [6.07, 6.45) is -4.17. The first-order valence-corrected chi connectivity index (χ1v) is 9.71. The van der Waals surface area contributed by atoms with Crippen LogP contribution in [0.3, 0.4) is 0 Å². The number of alkyl halides is 4. The highest BCUT2D eigenvalue weighted by atomic mass is 35.5. The van der Waals surface area contributed by atoms with Gasteiger partial charge in [0.15, 0.2) is 6.10 Å². The molecule has 2 aromatic heterocycles. The standard InChI is InChI=1S/C21H17ClF4N4O/c22-15-8-13-4-5-28-16(18(13)29-10-15)7-12-2-1-3-14(6-12)20(11-23)9-17(21(24,25)26)31-19(27)30-20/h1-6,8,10,17H,7,9,11H2,(H2,27,30)/t17-,20+/m0/s1. The molecule has 31 heavy (non-hydrogen) atoms. The summed E-state index contributed by atoms with van der Waals surface area (Å²) in [5.41, 5.74) is 6.00. The monoisotopic (exact) mass is 452 g/mol. The molecule has 1 aliphatic heterocycles. The Labute approximate surface area is 179 Å². The Kier molecular flexibility index (Phi) is 5.47. The van der Waals surface area contributed by atoms with Crippen LogP contribution in [0.2, 0.25) is 5.02 Å². The van der Waals surface area contributed by atoms with E-state index >= 15 is 0 Å². The number of ether oxygens (including phenoxy) is 1. The third-order valence-electron chi connectivity index (χ3n) is 5.17. The van der Waals surface area contributed by atoms with Gasteiger partial charge in [-0.05, 0) is 23.3 Å². The number of benzene rings is 1. The van der Waals surface area contributed by atoms with E-state index in [1.165, 1.54) is 12.3 Å². The molecule has 0 spiro atoms. The number of fused-ring (bicyclic) bond motifs is 1. The first-order chi connectivity index (χ1) is 14.7. The first-order valence-electron chi connectivity index (χ1n) is 9.33. The minimum Gasteiger partial charge on any atom is -0.452 e. The number of hydrogen-bond acceptors (Lipinski definition) is 5. The topological polar surface area (TPSA) is 73.4 Å². The maximum atomic E-state index is 14.1. The molecular formula is C21H17ClF4N4O. The van der Waals surface area contributed by atoms with E-state index < -0.39 is 36.9 Å². The van der Waals surface area contributed by atoms with Crippen molar-refractivity contribution in [3.05, 3.63) is 70.6 Å². The number of nitrogens with zero attached hydrogens (tertiary/aromatic N) is 3. The number of rotatable bonds is 4. The Bertz CT molecular complexity index is 1150. The molecule has 0 bridgehead atoms. The second kappa shape index (κ2) is 7.96. The van der Waals surface area contributed by atoms with Crippen molar-refractivity contribution in [2.24, 2.45) is 10.7 Å². The molecule has 3 aromatic rings. The van der Waals surface area contributed by atoms with Gasteiger partial charge in [-0.25, -0.2) is 9.38 Å². The van der Waals surface area contributed by atoms with E-state index in [4.69, 9.17) is 17.3 Å². The molecule has 0 aliphatic carbocycles. The van der Waals surface area contributed by atoms with Crippen LogP contribution in [0.25, 0.3) is 10.9 Å². The summed E-state index contributed by atoms with van der Waals surface area (Å²) in [6.45, 7) is -1.15. The minimum absolute atomic E-state index is 0.282. The Morgan fingerprint density at radius 3 is 2.74 bits per heavy atom. The maximum absolute atomic E-state index is 14.1. The molecule has 3 heterocycles. The van der Waals surface area contributed by atoms with E-state index in [-0.39, 0.29) is 5.56 Å². The molecule has 2 atom stereocenters. The third-order valence-corrected chi connectivity index (χ3v) is 5.38. The highest BCUT2D eigenvalue weighted by molar-refractivity contribution is 6.31. The van der Waals surface area contributed by atoms with E-state index in [9.17, 15) is 17.6 Å². The van der Waals surface area contributed by atoms with E-state index in [1.807, 2.05) is 0 Å². The lowest BCUT2D eigenvalue weighted by Crippen LogP contribution is -2.48. The summed E-state index contributed by atoms with van der Waals surface area (Å²) in [6, 6.07) is 9.43. The molecule has 0 fully saturated rings. The molecule has 0 unspecified atom stereocenters. The Balaban J connectivity index is 1.71. The average molecular weight is 453 g/mol. The van der Waals surface area contributed by atoms with Crippen molar-refractivity contribution in [2.75, 3.05) is 6.67 Å². The number of pyridine rings is 2. The number of hydrogen-bond donors (Lipinski definition) is 1. The molecule has 5 nitrogen and oxygen atoms in total. The highest BCUT2D eigenvalue weighted by Gasteiger charge is 2.51. The van der Waals surface area contributed by atoms with E-state index in [0.29, 0.717) is 28.2 Å². The lowest BCUT2D eigenvalue weighted by molar-refractivity contribution is -0.209. The molecule has 10 heteroatoms. The number of halogens is 5. The lowest BCUT2D eigenvalue weighted by atomic mass is 9.84. The quantitative estimate of drug-likeness (QED) is 0.582. The van der Waals surface area contributed by atoms with Crippen molar-refractivity contribution in [1.82, 2.24) is 9.97 Å². The van der Waals surface area contributed by atoms with Gasteiger partial charge in [0, 0.05) is 30.6 Å². The van der Waals surface area contributed by atoms with Gasteiger partial charge in [0.05, 0.1) is 16.2 Å². The predicted octanol–water partition coefficient (Wildman–Crippen LogP) is 4.70. The largest absolute Gasteiger partial charge is 0.452 e. The second-order valence-electron chi connectivity index (χ2n) is 7.33. The van der Waals surface area contributed by atoms with Crippen molar-refractivity contribution >= 4 is 28.5 Å². The van der Waals surface area contributed by atoms with Crippen LogP contribution in [0, 0.1) is 0 Å². The molecule has 0 saturated heterocycles. The lowest BCUT2D eigenvalue weighted by Gasteiger charge is -2.36. The van der Waals surface area contributed by atoms with Crippen LogP contribution in [0.15, 0.2) is 53.8 Å². The molecule has 0 saturated carbocycles. The van der Waals surface area contributed by atoms with Crippen molar-refractivity contribution in [3.8, 4) is 0 Å². The summed E-state index contributed by atoms with van der Waals surface area (Å²) in [5.74, 6) is 0. The zero-order valence-corrected chi connectivity index (χ0v) is 16.8. The van der Waals surface area contributed by atoms with Gasteiger partial charge in [0.1, 0.15) is 12.2 Å². The van der Waals surface area contributed by atoms with E-state index in [1.54, 1.807) is 36.5 Å². The number of aromatic nitrogens is 2. The van der Waals surface area contributed by atoms with Gasteiger partial charge in [-0.2, -0.15) is 13.2 Å². The summed E-state index contributed by atoms with van der Waals surface area (Å²) in [7, 11) is 0. The summed E-state index contributed by atoms with van der Waals surface area (Å²) in [4.78, 5) is 12.6. The number of amidine groups is 1. The predicted molar refractivity (Wildman–Crippen MR) is 109 cm³/mol. The fourth-order valence-electron chi connectivity index (χ4n) is 3.69. The fraction of sp³-hybridized carbons (Fsp3) is 0.286. The van der Waals surface area contributed by atoms with Crippen LogP contribution in [-0.2, 0) is 16.7 Å². The van der Waals surface area contributed by atoms with E-state index in [0.717, 1.165) is 5.39 Å². The Hall–Kier alpha value is -2.94. The maximum Gasteiger partial charge on any atom is 0.425 e. The molecule has 4 rings (SSSR count). The van der Waals surface area contributed by atoms with Crippen molar-refractivity contribution < 1.29 is 22.3 Å². The minimum atomic E-state index is -4.70. The summed E-state index contributed by atoms with van der Waals surface area (Å²) in [5, 5.41) is 1.30. The smallest absolute Gasteiger partial charge is 0.425 e. The molecule has 0 radical (unpaired) electrons. The summed E-state index contributed by atoms with van der Waals surface area (Å²) < 4.78 is 58.6. The van der Waals surface area contributed by atoms with Crippen molar-refractivity contribution in [2.45, 2.75) is 30.7 Å². The average Bonchev–Trinajstić information content (AvgIpc) is 2.73. The van der Waals surface area contributed by atoms with Crippen LogP contribution >= 0.6 is 11.6 Å². The molecule has 1 aromatic carbocycles. The van der Waals surface area contributed by atoms with Gasteiger partial charge in [0.25, 0.3) is 6.02 Å². The Morgan fingerprint density at radius 1 is 1.19 bits per heavy atom. The van der Waals surface area contributed by atoms with Crippen LogP contribution in [0.1, 0.15) is 23.2 Å². The summed E-state index contributed by atoms with van der Waals surface area (Å²) >= 11 is 5.99. The van der Waals surface area contributed by atoms with E-state index in [2.05, 4.69) is 19.7 Å². The zero-order valence-electron chi connectivity index (χ0n) is 16.0. The van der Waals surface area contributed by atoms with Gasteiger partial charge >= 0.3 is 6.18 Å². The molecule has 0 amide bonds. The van der Waals surface area contributed by atoms with Crippen LogP contribution < -0.4 is 5.73 Å². The first kappa shape index (κ1) is 21.3. The van der Waals surface area contributed by atoms with Crippen LogP contribution in [-0.4, -0.2) is 34.9 Å². The molecule has 2 N–H and O–H groups in total. The number of nitrogens with two attached hydrogens (primary N) is 1. The highest BCUT2D eigenvalue weighted by Crippen LogP contribution is 2.40. The SMILES string of the molecule is NC1=N[C@](CF)(c2cccc(Cc3nccc4cc(Cl)cnc34)c2)C[C@@H](C(F)(F)F)O1. The number of aliphatic imine (C=N–C) groups is 1. The van der Waals surface area contributed by atoms with Gasteiger partial charge in [-0.3, -0.25) is 9.97 Å². The van der Waals surface area contributed by atoms with Gasteiger partial charge in [0.2, 0.25) is 0 Å². The molecule has 1 aliphatic rings. The van der Waals surface area contributed by atoms with Crippen molar-refractivity contribution in [3.63, 3.8) is 0 Å². The molecular weight excluding hydrogens is 436 g/mol. The van der Waals surface area contributed by atoms with Crippen LogP contribution in [0.4, 0.5) is 17.6 Å². The third kappa shape index (κ3) is 4.27. The van der Waals surface area contributed by atoms with Crippen molar-refractivity contribution in [1.29, 1.82) is 0 Å². The Morgan fingerprint density at radius 2 is 2.00 bits per heavy atom. The fourth-order valence-corrected chi connectivity index (χ4v) is 3.86. The normalized spacial score (nSPS) is 21.6. The zero-order chi connectivity index (χ0) is 22.2. The van der Waals surface area contributed by atoms with Crippen LogP contribution in [0.5, 0.6) is 0 Å². The second-order valence-corrected chi connectivity index (χ2v) is 7.76.